The summed E-state index contributed by atoms with van der Waals surface area (Å²) >= 11 is 0. The van der Waals surface area contributed by atoms with Crippen molar-refractivity contribution >= 4 is 39.5 Å². The summed E-state index contributed by atoms with van der Waals surface area (Å²) in [5.74, 6) is -1.37. The maximum atomic E-state index is 13.0. The summed E-state index contributed by atoms with van der Waals surface area (Å²) in [6, 6.07) is 0. The predicted molar refractivity (Wildman–Crippen MR) is 340 cm³/mol. The van der Waals surface area contributed by atoms with Crippen LogP contribution in [0.5, 0.6) is 0 Å². The highest BCUT2D eigenvalue weighted by Crippen LogP contribution is 2.45. The second-order valence-electron chi connectivity index (χ2n) is 24.3. The van der Waals surface area contributed by atoms with Crippen molar-refractivity contribution in [2.24, 2.45) is 5.92 Å². The zero-order valence-corrected chi connectivity index (χ0v) is 56.5. The Morgan fingerprint density at radius 1 is 0.318 bits per heavy atom. The Morgan fingerprint density at radius 2 is 0.541 bits per heavy atom. The van der Waals surface area contributed by atoms with Gasteiger partial charge in [-0.25, -0.2) is 9.13 Å². The lowest BCUT2D eigenvalue weighted by Gasteiger charge is -2.21. The van der Waals surface area contributed by atoms with Gasteiger partial charge < -0.3 is 33.8 Å². The van der Waals surface area contributed by atoms with E-state index in [1.54, 1.807) is 0 Å². The van der Waals surface area contributed by atoms with E-state index in [0.717, 1.165) is 109 Å². The van der Waals surface area contributed by atoms with E-state index in [1.165, 1.54) is 148 Å². The first kappa shape index (κ1) is 83.1. The van der Waals surface area contributed by atoms with E-state index in [1.807, 2.05) is 0 Å². The van der Waals surface area contributed by atoms with E-state index >= 15 is 0 Å². The number of unbranched alkanes of at least 4 members (excludes halogenated alkanes) is 38. The molecule has 0 aromatic heterocycles. The number of carbonyl (C=O) groups is 4. The molecule has 85 heavy (non-hydrogen) atoms. The average molecular weight is 1260 g/mol. The normalized spacial score (nSPS) is 14.2. The standard InChI is InChI=1S/C66H128O17P2/c1-6-9-12-15-18-20-22-26-30-35-40-45-50-64(69)77-56-62(83-66(71)52-47-42-37-32-28-24-25-29-34-38-43-48-59(4)5)58-81-85(74,75)79-54-60(67)53-78-84(72,73)80-57-61(55-76-63(68)49-44-39-33-17-14-11-8-3)82-65(70)51-46-41-36-31-27-23-21-19-16-13-10-7-2/h59-62,67H,6-58H2,1-5H3,(H,72,73)(H,74,75)/t60-,61+,62+/m0/s1. The lowest BCUT2D eigenvalue weighted by molar-refractivity contribution is -0.161. The maximum Gasteiger partial charge on any atom is 0.472 e. The van der Waals surface area contributed by atoms with Crippen LogP contribution in [0.25, 0.3) is 0 Å². The number of aliphatic hydroxyl groups is 1. The van der Waals surface area contributed by atoms with E-state index < -0.39 is 97.5 Å². The minimum Gasteiger partial charge on any atom is -0.462 e. The zero-order valence-electron chi connectivity index (χ0n) is 54.7. The molecule has 0 bridgehead atoms. The van der Waals surface area contributed by atoms with Crippen molar-refractivity contribution in [3.63, 3.8) is 0 Å². The van der Waals surface area contributed by atoms with E-state index in [4.69, 9.17) is 37.0 Å². The van der Waals surface area contributed by atoms with Gasteiger partial charge in [0.2, 0.25) is 0 Å². The summed E-state index contributed by atoms with van der Waals surface area (Å²) in [5, 5.41) is 10.5. The Bertz CT molecular complexity index is 1650. The molecule has 504 valence electrons. The molecule has 0 aliphatic carbocycles. The molecule has 0 aliphatic rings. The van der Waals surface area contributed by atoms with Gasteiger partial charge in [-0.05, 0) is 31.6 Å². The third-order valence-electron chi connectivity index (χ3n) is 15.3. The summed E-state index contributed by atoms with van der Waals surface area (Å²) in [5.41, 5.74) is 0. The van der Waals surface area contributed by atoms with E-state index in [-0.39, 0.29) is 25.7 Å². The smallest absolute Gasteiger partial charge is 0.462 e. The molecule has 0 aromatic carbocycles. The van der Waals surface area contributed by atoms with Gasteiger partial charge >= 0.3 is 39.5 Å². The number of carbonyl (C=O) groups excluding carboxylic acids is 4. The minimum absolute atomic E-state index is 0.107. The first-order valence-electron chi connectivity index (χ1n) is 34.6. The minimum atomic E-state index is -4.95. The monoisotopic (exact) mass is 1250 g/mol. The molecule has 0 aromatic rings. The molecule has 17 nitrogen and oxygen atoms in total. The highest BCUT2D eigenvalue weighted by molar-refractivity contribution is 7.47. The number of phosphoric ester groups is 2. The van der Waals surface area contributed by atoms with Crippen LogP contribution in [0.2, 0.25) is 0 Å². The molecule has 0 saturated carbocycles. The summed E-state index contributed by atoms with van der Waals surface area (Å²) in [6.07, 6.45) is 44.4. The van der Waals surface area contributed by atoms with E-state index in [2.05, 4.69) is 34.6 Å². The Morgan fingerprint density at radius 3 is 0.800 bits per heavy atom. The third-order valence-corrected chi connectivity index (χ3v) is 17.2. The third kappa shape index (κ3) is 60.7. The number of hydrogen-bond donors (Lipinski definition) is 3. The van der Waals surface area contributed by atoms with Gasteiger partial charge in [-0.1, -0.05) is 285 Å². The molecular formula is C66H128O17P2. The van der Waals surface area contributed by atoms with Gasteiger partial charge in [-0.2, -0.15) is 0 Å². The van der Waals surface area contributed by atoms with E-state index in [0.29, 0.717) is 25.7 Å². The molecule has 0 spiro atoms. The van der Waals surface area contributed by atoms with Crippen molar-refractivity contribution in [1.29, 1.82) is 0 Å². The summed E-state index contributed by atoms with van der Waals surface area (Å²) in [4.78, 5) is 72.2. The molecule has 0 rings (SSSR count). The lowest BCUT2D eigenvalue weighted by atomic mass is 10.0. The fourth-order valence-electron chi connectivity index (χ4n) is 9.94. The van der Waals surface area contributed by atoms with Gasteiger partial charge in [-0.3, -0.25) is 37.3 Å². The van der Waals surface area contributed by atoms with Crippen molar-refractivity contribution in [3.8, 4) is 0 Å². The largest absolute Gasteiger partial charge is 0.472 e. The number of rotatable bonds is 66. The lowest BCUT2D eigenvalue weighted by Crippen LogP contribution is -2.30. The second kappa shape index (κ2) is 59.7. The van der Waals surface area contributed by atoms with Crippen LogP contribution in [0.4, 0.5) is 0 Å². The van der Waals surface area contributed by atoms with Crippen LogP contribution in [-0.4, -0.2) is 96.7 Å². The van der Waals surface area contributed by atoms with Crippen LogP contribution < -0.4 is 0 Å². The van der Waals surface area contributed by atoms with Gasteiger partial charge in [0.25, 0.3) is 0 Å². The molecule has 0 aliphatic heterocycles. The fourth-order valence-corrected chi connectivity index (χ4v) is 11.5. The molecule has 2 unspecified atom stereocenters. The number of hydrogen-bond acceptors (Lipinski definition) is 15. The molecular weight excluding hydrogens is 1130 g/mol. The molecule has 0 fully saturated rings. The predicted octanol–water partition coefficient (Wildman–Crippen LogP) is 18.6. The molecule has 0 heterocycles. The van der Waals surface area contributed by atoms with Gasteiger partial charge in [0.05, 0.1) is 26.4 Å². The second-order valence-corrected chi connectivity index (χ2v) is 27.2. The van der Waals surface area contributed by atoms with Crippen molar-refractivity contribution in [3.05, 3.63) is 0 Å². The first-order valence-corrected chi connectivity index (χ1v) is 37.6. The Hall–Kier alpha value is -1.94. The molecule has 0 radical (unpaired) electrons. The van der Waals surface area contributed by atoms with E-state index in [9.17, 15) is 43.2 Å². The van der Waals surface area contributed by atoms with Gasteiger partial charge in [-0.15, -0.1) is 0 Å². The van der Waals surface area contributed by atoms with Crippen molar-refractivity contribution in [2.45, 2.75) is 355 Å². The van der Waals surface area contributed by atoms with Crippen molar-refractivity contribution < 1.29 is 80.2 Å². The van der Waals surface area contributed by atoms with Gasteiger partial charge in [0, 0.05) is 25.7 Å². The van der Waals surface area contributed by atoms with Crippen molar-refractivity contribution in [2.75, 3.05) is 39.6 Å². The topological polar surface area (TPSA) is 237 Å². The highest BCUT2D eigenvalue weighted by atomic mass is 31.2. The molecule has 0 amide bonds. The van der Waals surface area contributed by atoms with Crippen LogP contribution in [0, 0.1) is 5.92 Å². The number of esters is 4. The summed E-state index contributed by atoms with van der Waals surface area (Å²) in [7, 11) is -9.89. The maximum absolute atomic E-state index is 13.0. The number of aliphatic hydroxyl groups excluding tert-OH is 1. The Balaban J connectivity index is 5.21. The molecule has 3 N–H and O–H groups in total. The number of ether oxygens (including phenoxy) is 4. The van der Waals surface area contributed by atoms with Crippen LogP contribution in [-0.2, 0) is 65.4 Å². The Labute approximate surface area is 517 Å². The van der Waals surface area contributed by atoms with Crippen molar-refractivity contribution in [1.82, 2.24) is 0 Å². The van der Waals surface area contributed by atoms with Crippen LogP contribution >= 0.6 is 15.6 Å². The van der Waals surface area contributed by atoms with Crippen LogP contribution in [0.15, 0.2) is 0 Å². The highest BCUT2D eigenvalue weighted by Gasteiger charge is 2.30. The zero-order chi connectivity index (χ0) is 62.8. The van der Waals surface area contributed by atoms with Gasteiger partial charge in [0.15, 0.2) is 12.2 Å². The average Bonchev–Trinajstić information content (AvgIpc) is 3.58. The van der Waals surface area contributed by atoms with Gasteiger partial charge in [0.1, 0.15) is 19.3 Å². The number of phosphoric acid groups is 2. The SMILES string of the molecule is CCCCCCCCCCCCCCC(=O)OC[C@H](COP(=O)(O)OC[C@@H](O)COP(=O)(O)OC[C@@H](COC(=O)CCCCCCCCC)OC(=O)CCCCCCCCCCCCCC)OC(=O)CCCCCCCCCCCCCC(C)C. The molecule has 19 heteroatoms. The molecule has 5 atom stereocenters. The summed E-state index contributed by atoms with van der Waals surface area (Å²) in [6.45, 7) is 7.18. The fraction of sp³-hybridized carbons (Fsp3) is 0.939. The van der Waals surface area contributed by atoms with Crippen LogP contribution in [0.3, 0.4) is 0 Å². The summed E-state index contributed by atoms with van der Waals surface area (Å²) < 4.78 is 68.0. The quantitative estimate of drug-likeness (QED) is 0.0222. The van der Waals surface area contributed by atoms with Crippen LogP contribution in [0.1, 0.15) is 336 Å². The molecule has 0 saturated heterocycles. The Kier molecular flexibility index (Phi) is 58.3. The first-order chi connectivity index (χ1) is 41.0.